The third kappa shape index (κ3) is 3.27. The third-order valence-corrected chi connectivity index (χ3v) is 5.58. The van der Waals surface area contributed by atoms with Gasteiger partial charge in [0.05, 0.1) is 0 Å². The van der Waals surface area contributed by atoms with Crippen molar-refractivity contribution in [3.63, 3.8) is 0 Å². The van der Waals surface area contributed by atoms with Gasteiger partial charge in [-0.3, -0.25) is 4.79 Å². The fourth-order valence-corrected chi connectivity index (χ4v) is 4.20. The molecule has 2 heteroatoms. The molecule has 1 fully saturated rings. The third-order valence-electron chi connectivity index (χ3n) is 5.58. The fourth-order valence-electron chi connectivity index (χ4n) is 4.20. The molecule has 1 saturated carbocycles. The number of allylic oxidation sites excluding steroid dienone is 2. The quantitative estimate of drug-likeness (QED) is 0.637. The molecular weight excluding hydrogens is 246 g/mol. The van der Waals surface area contributed by atoms with Crippen molar-refractivity contribution < 1.29 is 4.79 Å². The predicted molar refractivity (Wildman–Crippen MR) is 84.4 cm³/mol. The zero-order valence-electron chi connectivity index (χ0n) is 13.7. The van der Waals surface area contributed by atoms with Gasteiger partial charge in [0, 0.05) is 20.0 Å². The van der Waals surface area contributed by atoms with E-state index in [4.69, 9.17) is 0 Å². The summed E-state index contributed by atoms with van der Waals surface area (Å²) in [6, 6.07) is 0. The summed E-state index contributed by atoms with van der Waals surface area (Å²) in [5, 5.41) is 0. The average Bonchev–Trinajstić information content (AvgIpc) is 2.97. The van der Waals surface area contributed by atoms with E-state index >= 15 is 0 Å². The smallest absolute Gasteiger partial charge is 0.222 e. The Kier molecular flexibility index (Phi) is 4.93. The van der Waals surface area contributed by atoms with Crippen molar-refractivity contribution in [3.8, 4) is 0 Å². The maximum absolute atomic E-state index is 12.5. The summed E-state index contributed by atoms with van der Waals surface area (Å²) in [6.45, 7) is 7.72. The molecular formula is C18H31NO. The van der Waals surface area contributed by atoms with Crippen LogP contribution in [0.1, 0.15) is 59.3 Å². The van der Waals surface area contributed by atoms with Gasteiger partial charge in [-0.2, -0.15) is 0 Å². The lowest BCUT2D eigenvalue weighted by atomic mass is 9.74. The van der Waals surface area contributed by atoms with Gasteiger partial charge in [0.25, 0.3) is 0 Å². The molecule has 2 nitrogen and oxygen atoms in total. The first-order chi connectivity index (χ1) is 9.48. The largest absolute Gasteiger partial charge is 0.345 e. The van der Waals surface area contributed by atoms with Crippen molar-refractivity contribution in [1.82, 2.24) is 4.90 Å². The van der Waals surface area contributed by atoms with Crippen LogP contribution < -0.4 is 0 Å². The fraction of sp³-hybridized carbons (Fsp3) is 0.833. The van der Waals surface area contributed by atoms with Gasteiger partial charge in [-0.15, -0.1) is 0 Å². The Bertz CT molecular complexity index is 376. The summed E-state index contributed by atoms with van der Waals surface area (Å²) in [5.41, 5.74) is 0.219. The average molecular weight is 277 g/mol. The topological polar surface area (TPSA) is 20.3 Å². The van der Waals surface area contributed by atoms with Crippen molar-refractivity contribution in [2.75, 3.05) is 13.6 Å². The van der Waals surface area contributed by atoms with Crippen LogP contribution in [0.25, 0.3) is 0 Å². The van der Waals surface area contributed by atoms with Gasteiger partial charge in [-0.05, 0) is 42.4 Å². The highest BCUT2D eigenvalue weighted by atomic mass is 16.2. The molecule has 2 aliphatic rings. The number of carbonyl (C=O) groups excluding carboxylic acids is 1. The Balaban J connectivity index is 1.86. The summed E-state index contributed by atoms with van der Waals surface area (Å²) < 4.78 is 0. The lowest BCUT2D eigenvalue weighted by molar-refractivity contribution is -0.133. The zero-order chi connectivity index (χ0) is 14.8. The molecule has 0 saturated heterocycles. The minimum Gasteiger partial charge on any atom is -0.345 e. The Morgan fingerprint density at radius 1 is 1.40 bits per heavy atom. The van der Waals surface area contributed by atoms with Gasteiger partial charge in [0.15, 0.2) is 0 Å². The van der Waals surface area contributed by atoms with Crippen LogP contribution in [-0.2, 0) is 4.79 Å². The van der Waals surface area contributed by atoms with Gasteiger partial charge in [0.1, 0.15) is 0 Å². The molecule has 0 heterocycles. The first kappa shape index (κ1) is 15.6. The first-order valence-corrected chi connectivity index (χ1v) is 8.40. The second-order valence-corrected chi connectivity index (χ2v) is 7.36. The van der Waals surface area contributed by atoms with E-state index in [1.165, 1.54) is 32.1 Å². The monoisotopic (exact) mass is 277 g/mol. The van der Waals surface area contributed by atoms with Crippen LogP contribution in [0.2, 0.25) is 0 Å². The molecule has 20 heavy (non-hydrogen) atoms. The molecule has 0 aromatic carbocycles. The van der Waals surface area contributed by atoms with Crippen LogP contribution in [0.15, 0.2) is 12.2 Å². The number of hydrogen-bond acceptors (Lipinski definition) is 1. The second kappa shape index (κ2) is 6.32. The molecule has 2 rings (SSSR count). The van der Waals surface area contributed by atoms with E-state index in [1.807, 2.05) is 11.9 Å². The minimum atomic E-state index is 0.219. The predicted octanol–water partition coefficient (Wildman–Crippen LogP) is 4.26. The van der Waals surface area contributed by atoms with Crippen molar-refractivity contribution in [3.05, 3.63) is 12.2 Å². The maximum Gasteiger partial charge on any atom is 0.222 e. The summed E-state index contributed by atoms with van der Waals surface area (Å²) in [6.07, 6.45) is 11.6. The Labute approximate surface area is 124 Å². The molecule has 0 aromatic rings. The van der Waals surface area contributed by atoms with Crippen LogP contribution in [0, 0.1) is 23.2 Å². The lowest BCUT2D eigenvalue weighted by Crippen LogP contribution is -2.36. The minimum absolute atomic E-state index is 0.219. The van der Waals surface area contributed by atoms with Crippen LogP contribution in [0.3, 0.4) is 0 Å². The highest BCUT2D eigenvalue weighted by Crippen LogP contribution is 2.53. The molecule has 0 aliphatic heterocycles. The molecule has 0 N–H and O–H groups in total. The van der Waals surface area contributed by atoms with E-state index < -0.39 is 0 Å². The van der Waals surface area contributed by atoms with E-state index in [0.717, 1.165) is 18.9 Å². The number of nitrogens with zero attached hydrogens (tertiary/aromatic N) is 1. The SMILES string of the molecule is CCCC(CC)CN(C)C(=O)CC1(C)CC2C=CC1C2. The van der Waals surface area contributed by atoms with E-state index in [0.29, 0.717) is 17.7 Å². The van der Waals surface area contributed by atoms with Crippen molar-refractivity contribution in [2.45, 2.75) is 59.3 Å². The standard InChI is InChI=1S/C18H31NO/c1-5-7-14(6-2)13-19(4)17(20)12-18(3)11-15-8-9-16(18)10-15/h8-9,14-16H,5-7,10-13H2,1-4H3. The number of fused-ring (bicyclic) bond motifs is 2. The van der Waals surface area contributed by atoms with Crippen LogP contribution in [-0.4, -0.2) is 24.4 Å². The molecule has 4 atom stereocenters. The second-order valence-electron chi connectivity index (χ2n) is 7.36. The molecule has 0 aromatic heterocycles. The van der Waals surface area contributed by atoms with Crippen LogP contribution >= 0.6 is 0 Å². The zero-order valence-corrected chi connectivity index (χ0v) is 13.7. The molecule has 4 unspecified atom stereocenters. The Morgan fingerprint density at radius 2 is 2.15 bits per heavy atom. The molecule has 0 spiro atoms. The molecule has 1 amide bonds. The summed E-state index contributed by atoms with van der Waals surface area (Å²) in [5.74, 6) is 2.40. The summed E-state index contributed by atoms with van der Waals surface area (Å²) in [4.78, 5) is 14.5. The Hall–Kier alpha value is -0.790. The van der Waals surface area contributed by atoms with Crippen LogP contribution in [0.5, 0.6) is 0 Å². The number of hydrogen-bond donors (Lipinski definition) is 0. The Morgan fingerprint density at radius 3 is 2.65 bits per heavy atom. The maximum atomic E-state index is 12.5. The number of amides is 1. The van der Waals surface area contributed by atoms with Gasteiger partial charge >= 0.3 is 0 Å². The number of carbonyl (C=O) groups is 1. The van der Waals surface area contributed by atoms with Gasteiger partial charge in [0.2, 0.25) is 5.91 Å². The van der Waals surface area contributed by atoms with Gasteiger partial charge in [-0.25, -0.2) is 0 Å². The highest BCUT2D eigenvalue weighted by Gasteiger charge is 2.46. The van der Waals surface area contributed by atoms with Crippen molar-refractivity contribution in [1.29, 1.82) is 0 Å². The molecule has 114 valence electrons. The van der Waals surface area contributed by atoms with E-state index in [2.05, 4.69) is 32.9 Å². The molecule has 2 bridgehead atoms. The summed E-state index contributed by atoms with van der Waals surface area (Å²) >= 11 is 0. The van der Waals surface area contributed by atoms with Crippen LogP contribution in [0.4, 0.5) is 0 Å². The van der Waals surface area contributed by atoms with Gasteiger partial charge < -0.3 is 4.90 Å². The summed E-state index contributed by atoms with van der Waals surface area (Å²) in [7, 11) is 1.99. The van der Waals surface area contributed by atoms with E-state index in [-0.39, 0.29) is 5.41 Å². The van der Waals surface area contributed by atoms with E-state index in [1.54, 1.807) is 0 Å². The normalized spacial score (nSPS) is 32.6. The molecule has 0 radical (unpaired) electrons. The number of rotatable bonds is 7. The van der Waals surface area contributed by atoms with Gasteiger partial charge in [-0.1, -0.05) is 45.8 Å². The van der Waals surface area contributed by atoms with Crippen molar-refractivity contribution >= 4 is 5.91 Å². The lowest BCUT2D eigenvalue weighted by Gasteiger charge is -2.33. The first-order valence-electron chi connectivity index (χ1n) is 8.40. The molecule has 2 aliphatic carbocycles. The highest BCUT2D eigenvalue weighted by molar-refractivity contribution is 5.76. The van der Waals surface area contributed by atoms with E-state index in [9.17, 15) is 4.79 Å². The van der Waals surface area contributed by atoms with Crippen molar-refractivity contribution in [2.24, 2.45) is 23.2 Å².